The van der Waals surface area contributed by atoms with Crippen LogP contribution in [0.5, 0.6) is 0 Å². The molecule has 0 aliphatic rings. The normalized spacial score (nSPS) is 9.95. The second-order valence-corrected chi connectivity index (χ2v) is 4.61. The minimum atomic E-state index is -1.02. The third-order valence-corrected chi connectivity index (χ3v) is 2.92. The summed E-state index contributed by atoms with van der Waals surface area (Å²) in [4.78, 5) is 33.9. The van der Waals surface area contributed by atoms with Crippen molar-refractivity contribution in [2.24, 2.45) is 0 Å². The van der Waals surface area contributed by atoms with Crippen LogP contribution in [0.2, 0.25) is 5.02 Å². The molecule has 120 valence electrons. The molecular weight excluding hydrogens is 317 g/mol. The molecule has 8 heteroatoms. The molecule has 0 aliphatic carbocycles. The predicted molar refractivity (Wildman–Crippen MR) is 76.0 cm³/mol. The molecule has 0 spiro atoms. The highest BCUT2D eigenvalue weighted by Crippen LogP contribution is 2.19. The lowest BCUT2D eigenvalue weighted by Gasteiger charge is -2.08. The first-order valence-electron chi connectivity index (χ1n) is 6.40. The summed E-state index contributed by atoms with van der Waals surface area (Å²) in [5.74, 6) is -2.79. The SMILES string of the molecule is COC(=O)CCCNC(=O)COC(=O)c1c(F)cccc1Cl. The molecule has 1 amide bonds. The molecule has 0 aromatic heterocycles. The molecule has 1 rings (SSSR count). The van der Waals surface area contributed by atoms with Crippen molar-refractivity contribution in [3.05, 3.63) is 34.6 Å². The number of nitrogens with one attached hydrogen (secondary N) is 1. The van der Waals surface area contributed by atoms with Gasteiger partial charge in [0.25, 0.3) is 5.91 Å². The van der Waals surface area contributed by atoms with E-state index in [0.29, 0.717) is 6.42 Å². The van der Waals surface area contributed by atoms with Crippen molar-refractivity contribution in [1.29, 1.82) is 0 Å². The number of halogens is 2. The fourth-order valence-electron chi connectivity index (χ4n) is 1.51. The molecule has 0 radical (unpaired) electrons. The Hall–Kier alpha value is -2.15. The van der Waals surface area contributed by atoms with Crippen LogP contribution in [0.4, 0.5) is 4.39 Å². The fraction of sp³-hybridized carbons (Fsp3) is 0.357. The van der Waals surface area contributed by atoms with E-state index >= 15 is 0 Å². The van der Waals surface area contributed by atoms with Crippen LogP contribution in [0.25, 0.3) is 0 Å². The van der Waals surface area contributed by atoms with Crippen molar-refractivity contribution in [1.82, 2.24) is 5.32 Å². The van der Waals surface area contributed by atoms with Gasteiger partial charge in [-0.2, -0.15) is 0 Å². The van der Waals surface area contributed by atoms with Gasteiger partial charge in [-0.15, -0.1) is 0 Å². The van der Waals surface area contributed by atoms with E-state index in [4.69, 9.17) is 11.6 Å². The topological polar surface area (TPSA) is 81.7 Å². The average molecular weight is 332 g/mol. The van der Waals surface area contributed by atoms with E-state index in [1.54, 1.807) is 0 Å². The summed E-state index contributed by atoms with van der Waals surface area (Å²) in [6.45, 7) is -0.340. The highest BCUT2D eigenvalue weighted by molar-refractivity contribution is 6.33. The Balaban J connectivity index is 2.35. The van der Waals surface area contributed by atoms with Crippen LogP contribution in [0.15, 0.2) is 18.2 Å². The summed E-state index contributed by atoms with van der Waals surface area (Å²) < 4.78 is 22.6. The van der Waals surface area contributed by atoms with Gasteiger partial charge >= 0.3 is 11.9 Å². The molecule has 0 fully saturated rings. The average Bonchev–Trinajstić information content (AvgIpc) is 2.49. The minimum Gasteiger partial charge on any atom is -0.469 e. The molecule has 0 heterocycles. The summed E-state index contributed by atoms with van der Waals surface area (Å²) in [6, 6.07) is 3.76. The maximum absolute atomic E-state index is 13.5. The number of carbonyl (C=O) groups excluding carboxylic acids is 3. The monoisotopic (exact) mass is 331 g/mol. The Kier molecular flexibility index (Phi) is 7.31. The second-order valence-electron chi connectivity index (χ2n) is 4.20. The smallest absolute Gasteiger partial charge is 0.343 e. The summed E-state index contributed by atoms with van der Waals surface area (Å²) in [7, 11) is 1.27. The van der Waals surface area contributed by atoms with E-state index in [1.807, 2.05) is 0 Å². The Morgan fingerprint density at radius 3 is 2.68 bits per heavy atom. The molecule has 22 heavy (non-hydrogen) atoms. The quantitative estimate of drug-likeness (QED) is 0.607. The van der Waals surface area contributed by atoms with Crippen molar-refractivity contribution in [2.75, 3.05) is 20.3 Å². The van der Waals surface area contributed by atoms with Crippen molar-refractivity contribution in [3.63, 3.8) is 0 Å². The van der Waals surface area contributed by atoms with Gasteiger partial charge < -0.3 is 14.8 Å². The number of hydrogen-bond donors (Lipinski definition) is 1. The van der Waals surface area contributed by atoms with Gasteiger partial charge in [0, 0.05) is 13.0 Å². The molecule has 0 bridgehead atoms. The predicted octanol–water partition coefficient (Wildman–Crippen LogP) is 1.71. The number of carbonyl (C=O) groups is 3. The van der Waals surface area contributed by atoms with Gasteiger partial charge in [0.15, 0.2) is 6.61 Å². The number of ether oxygens (including phenoxy) is 2. The first-order valence-corrected chi connectivity index (χ1v) is 6.78. The van der Waals surface area contributed by atoms with Gasteiger partial charge in [0.1, 0.15) is 11.4 Å². The van der Waals surface area contributed by atoms with E-state index in [-0.39, 0.29) is 24.0 Å². The number of rotatable bonds is 7. The standard InChI is InChI=1S/C14H15ClFNO5/c1-21-12(19)6-3-7-17-11(18)8-22-14(20)13-9(15)4-2-5-10(13)16/h2,4-5H,3,6-8H2,1H3,(H,17,18). The second kappa shape index (κ2) is 8.99. The summed E-state index contributed by atoms with van der Waals surface area (Å²) in [6.07, 6.45) is 0.562. The summed E-state index contributed by atoms with van der Waals surface area (Å²) in [5.41, 5.74) is -0.414. The van der Waals surface area contributed by atoms with Gasteiger partial charge in [0.2, 0.25) is 0 Å². The van der Waals surface area contributed by atoms with E-state index in [1.165, 1.54) is 19.2 Å². The van der Waals surface area contributed by atoms with Crippen LogP contribution < -0.4 is 5.32 Å². The Morgan fingerprint density at radius 1 is 1.32 bits per heavy atom. The van der Waals surface area contributed by atoms with E-state index < -0.39 is 29.9 Å². The number of methoxy groups -OCH3 is 1. The zero-order valence-electron chi connectivity index (χ0n) is 11.9. The molecule has 0 unspecified atom stereocenters. The zero-order chi connectivity index (χ0) is 16.5. The molecule has 0 atom stereocenters. The fourth-order valence-corrected chi connectivity index (χ4v) is 1.75. The zero-order valence-corrected chi connectivity index (χ0v) is 12.6. The maximum atomic E-state index is 13.5. The summed E-state index contributed by atoms with van der Waals surface area (Å²) in [5, 5.41) is 2.35. The number of hydrogen-bond acceptors (Lipinski definition) is 5. The van der Waals surface area contributed by atoms with Gasteiger partial charge in [-0.25, -0.2) is 9.18 Å². The van der Waals surface area contributed by atoms with Gasteiger partial charge in [-0.3, -0.25) is 9.59 Å². The van der Waals surface area contributed by atoms with Gasteiger partial charge in [0.05, 0.1) is 12.1 Å². The van der Waals surface area contributed by atoms with E-state index in [9.17, 15) is 18.8 Å². The van der Waals surface area contributed by atoms with Crippen molar-refractivity contribution < 1.29 is 28.2 Å². The Morgan fingerprint density at radius 2 is 2.05 bits per heavy atom. The Bertz CT molecular complexity index is 544. The van der Waals surface area contributed by atoms with Crippen LogP contribution >= 0.6 is 11.6 Å². The number of amides is 1. The van der Waals surface area contributed by atoms with Crippen molar-refractivity contribution in [2.45, 2.75) is 12.8 Å². The lowest BCUT2D eigenvalue weighted by atomic mass is 10.2. The van der Waals surface area contributed by atoms with E-state index in [2.05, 4.69) is 14.8 Å². The third-order valence-electron chi connectivity index (χ3n) is 2.61. The first-order chi connectivity index (χ1) is 10.5. The van der Waals surface area contributed by atoms with Crippen molar-refractivity contribution >= 4 is 29.4 Å². The molecule has 0 saturated carbocycles. The molecular formula is C14H15ClFNO5. The summed E-state index contributed by atoms with van der Waals surface area (Å²) >= 11 is 5.70. The molecule has 1 aromatic carbocycles. The highest BCUT2D eigenvalue weighted by atomic mass is 35.5. The van der Waals surface area contributed by atoms with Gasteiger partial charge in [-0.05, 0) is 18.6 Å². The Labute approximate surface area is 131 Å². The highest BCUT2D eigenvalue weighted by Gasteiger charge is 2.18. The first kappa shape index (κ1) is 17.9. The third kappa shape index (κ3) is 5.69. The van der Waals surface area contributed by atoms with Crippen LogP contribution in [0.3, 0.4) is 0 Å². The van der Waals surface area contributed by atoms with Crippen LogP contribution in [-0.4, -0.2) is 38.1 Å². The van der Waals surface area contributed by atoms with E-state index in [0.717, 1.165) is 6.07 Å². The molecule has 1 N–H and O–H groups in total. The van der Waals surface area contributed by atoms with Crippen LogP contribution in [-0.2, 0) is 19.1 Å². The lowest BCUT2D eigenvalue weighted by molar-refractivity contribution is -0.140. The van der Waals surface area contributed by atoms with Gasteiger partial charge in [-0.1, -0.05) is 17.7 Å². The largest absolute Gasteiger partial charge is 0.469 e. The lowest BCUT2D eigenvalue weighted by Crippen LogP contribution is -2.30. The number of esters is 2. The maximum Gasteiger partial charge on any atom is 0.343 e. The van der Waals surface area contributed by atoms with Crippen LogP contribution in [0.1, 0.15) is 23.2 Å². The number of benzene rings is 1. The van der Waals surface area contributed by atoms with Crippen LogP contribution in [0, 0.1) is 5.82 Å². The molecule has 0 saturated heterocycles. The van der Waals surface area contributed by atoms with Crippen molar-refractivity contribution in [3.8, 4) is 0 Å². The minimum absolute atomic E-state index is 0.0940. The molecule has 1 aromatic rings. The molecule has 0 aliphatic heterocycles. The molecule has 6 nitrogen and oxygen atoms in total.